The van der Waals surface area contributed by atoms with Crippen LogP contribution < -0.4 is 10.2 Å². The lowest BCUT2D eigenvalue weighted by Crippen LogP contribution is -2.17. The molecule has 1 amide bonds. The van der Waals surface area contributed by atoms with Gasteiger partial charge in [0.05, 0.1) is 29.4 Å². The predicted octanol–water partition coefficient (Wildman–Crippen LogP) is 3.50. The summed E-state index contributed by atoms with van der Waals surface area (Å²) < 4.78 is 7.11. The highest BCUT2D eigenvalue weighted by Crippen LogP contribution is 2.34. The topological polar surface area (TPSA) is 88.7 Å². The number of halogens is 1. The van der Waals surface area contributed by atoms with Gasteiger partial charge in [0.1, 0.15) is 5.82 Å². The lowest BCUT2D eigenvalue weighted by Gasteiger charge is -2.06. The molecule has 3 rings (SSSR count). The average molecular weight is 387 g/mol. The number of hydrogen-bond acceptors (Lipinski definition) is 5. The highest BCUT2D eigenvalue weighted by molar-refractivity contribution is 6.32. The molecule has 0 aliphatic rings. The SMILES string of the molecule is CCn1c(C)nc2cc(C(=O)N/N=C/c3cc(Cl)c(O)c(OC)c3)ccc21. The highest BCUT2D eigenvalue weighted by Gasteiger charge is 2.11. The van der Waals surface area contributed by atoms with Crippen molar-refractivity contribution >= 4 is 34.8 Å². The van der Waals surface area contributed by atoms with E-state index in [2.05, 4.69) is 20.1 Å². The van der Waals surface area contributed by atoms with Gasteiger partial charge in [0.2, 0.25) is 0 Å². The van der Waals surface area contributed by atoms with Crippen molar-refractivity contribution in [2.24, 2.45) is 5.10 Å². The molecule has 2 aromatic carbocycles. The molecule has 2 N–H and O–H groups in total. The molecule has 0 bridgehead atoms. The first-order valence-corrected chi connectivity index (χ1v) is 8.69. The number of amides is 1. The maximum Gasteiger partial charge on any atom is 0.271 e. The number of hydrogen-bond donors (Lipinski definition) is 2. The molecule has 0 atom stereocenters. The van der Waals surface area contributed by atoms with Crippen molar-refractivity contribution in [2.45, 2.75) is 20.4 Å². The largest absolute Gasteiger partial charge is 0.503 e. The van der Waals surface area contributed by atoms with E-state index in [4.69, 9.17) is 16.3 Å². The normalized spacial score (nSPS) is 11.3. The zero-order valence-corrected chi connectivity index (χ0v) is 15.9. The van der Waals surface area contributed by atoms with Crippen LogP contribution in [-0.4, -0.2) is 33.9 Å². The highest BCUT2D eigenvalue weighted by atomic mass is 35.5. The van der Waals surface area contributed by atoms with Crippen molar-refractivity contribution in [3.05, 3.63) is 52.3 Å². The van der Waals surface area contributed by atoms with Crippen molar-refractivity contribution in [1.82, 2.24) is 15.0 Å². The first-order valence-electron chi connectivity index (χ1n) is 8.31. The Kier molecular flexibility index (Phi) is 5.32. The van der Waals surface area contributed by atoms with Crippen LogP contribution >= 0.6 is 11.6 Å². The summed E-state index contributed by atoms with van der Waals surface area (Å²) in [7, 11) is 1.42. The second-order valence-electron chi connectivity index (χ2n) is 5.86. The number of benzene rings is 2. The number of phenols is 1. The molecule has 0 radical (unpaired) electrons. The van der Waals surface area contributed by atoms with Crippen LogP contribution in [0.1, 0.15) is 28.7 Å². The fourth-order valence-electron chi connectivity index (χ4n) is 2.84. The lowest BCUT2D eigenvalue weighted by molar-refractivity contribution is 0.0955. The van der Waals surface area contributed by atoms with E-state index in [0.717, 1.165) is 23.4 Å². The molecule has 3 aromatic rings. The van der Waals surface area contributed by atoms with Crippen LogP contribution in [0.5, 0.6) is 11.5 Å². The first kappa shape index (κ1) is 18.7. The molecule has 0 unspecified atom stereocenters. The number of phenolic OH excluding ortho intramolecular Hbond substituents is 1. The standard InChI is InChI=1S/C19H19ClN4O3/c1-4-24-11(2)22-15-9-13(5-6-16(15)24)19(26)23-21-10-12-7-14(20)18(25)17(8-12)27-3/h5-10,25H,4H2,1-3H3,(H,23,26)/b21-10+. The zero-order chi connectivity index (χ0) is 19.6. The number of fused-ring (bicyclic) bond motifs is 1. The summed E-state index contributed by atoms with van der Waals surface area (Å²) in [6.45, 7) is 4.80. The Morgan fingerprint density at radius 3 is 2.89 bits per heavy atom. The van der Waals surface area contributed by atoms with Gasteiger partial charge >= 0.3 is 0 Å². The van der Waals surface area contributed by atoms with E-state index in [1.165, 1.54) is 19.4 Å². The fourth-order valence-corrected chi connectivity index (χ4v) is 3.06. The number of ether oxygens (including phenoxy) is 1. The summed E-state index contributed by atoms with van der Waals surface area (Å²) >= 11 is 5.93. The minimum absolute atomic E-state index is 0.134. The quantitative estimate of drug-likeness (QED) is 0.519. The van der Waals surface area contributed by atoms with Crippen molar-refractivity contribution < 1.29 is 14.6 Å². The van der Waals surface area contributed by atoms with Gasteiger partial charge in [0.25, 0.3) is 5.91 Å². The van der Waals surface area contributed by atoms with Crippen molar-refractivity contribution in [2.75, 3.05) is 7.11 Å². The van der Waals surface area contributed by atoms with Gasteiger partial charge in [-0.1, -0.05) is 11.6 Å². The van der Waals surface area contributed by atoms with Crippen molar-refractivity contribution in [1.29, 1.82) is 0 Å². The van der Waals surface area contributed by atoms with E-state index in [9.17, 15) is 9.90 Å². The minimum Gasteiger partial charge on any atom is -0.503 e. The molecule has 1 heterocycles. The van der Waals surface area contributed by atoms with Gasteiger partial charge in [0.15, 0.2) is 11.5 Å². The predicted molar refractivity (Wildman–Crippen MR) is 105 cm³/mol. The maximum absolute atomic E-state index is 12.3. The third-order valence-corrected chi connectivity index (χ3v) is 4.46. The Morgan fingerprint density at radius 1 is 1.41 bits per heavy atom. The summed E-state index contributed by atoms with van der Waals surface area (Å²) in [5.74, 6) is 0.632. The number of aromatic hydroxyl groups is 1. The third kappa shape index (κ3) is 3.73. The van der Waals surface area contributed by atoms with E-state index in [0.29, 0.717) is 11.1 Å². The number of methoxy groups -OCH3 is 1. The number of aryl methyl sites for hydroxylation is 2. The van der Waals surface area contributed by atoms with Crippen molar-refractivity contribution in [3.8, 4) is 11.5 Å². The van der Waals surface area contributed by atoms with Crippen LogP contribution in [0.2, 0.25) is 5.02 Å². The Labute approximate surface area is 161 Å². The van der Waals surface area contributed by atoms with E-state index >= 15 is 0 Å². The van der Waals surface area contributed by atoms with Gasteiger partial charge in [-0.05, 0) is 49.7 Å². The third-order valence-electron chi connectivity index (χ3n) is 4.17. The van der Waals surface area contributed by atoms with Crippen LogP contribution in [0, 0.1) is 6.92 Å². The second-order valence-corrected chi connectivity index (χ2v) is 6.27. The monoisotopic (exact) mass is 386 g/mol. The summed E-state index contributed by atoms with van der Waals surface area (Å²) in [6.07, 6.45) is 1.42. The number of imidazole rings is 1. The zero-order valence-electron chi connectivity index (χ0n) is 15.2. The molecule has 7 nitrogen and oxygen atoms in total. The smallest absolute Gasteiger partial charge is 0.271 e. The molecule has 1 aromatic heterocycles. The Balaban J connectivity index is 1.77. The van der Waals surface area contributed by atoms with Gasteiger partial charge in [-0.25, -0.2) is 10.4 Å². The number of nitrogens with one attached hydrogen (secondary N) is 1. The lowest BCUT2D eigenvalue weighted by atomic mass is 10.2. The number of carbonyl (C=O) groups is 1. The number of nitrogens with zero attached hydrogens (tertiary/aromatic N) is 3. The summed E-state index contributed by atoms with van der Waals surface area (Å²) in [6, 6.07) is 8.42. The Hall–Kier alpha value is -3.06. The molecule has 0 aliphatic heterocycles. The molecule has 0 aliphatic carbocycles. The molecule has 140 valence electrons. The Bertz CT molecular complexity index is 1040. The van der Waals surface area contributed by atoms with Gasteiger partial charge in [-0.3, -0.25) is 4.79 Å². The molecule has 0 spiro atoms. The number of hydrazone groups is 1. The second kappa shape index (κ2) is 7.67. The number of carbonyl (C=O) groups excluding carboxylic acids is 1. The molecule has 0 saturated carbocycles. The van der Waals surface area contributed by atoms with Gasteiger partial charge in [-0.15, -0.1) is 0 Å². The molecular weight excluding hydrogens is 368 g/mol. The molecular formula is C19H19ClN4O3. The molecule has 0 fully saturated rings. The van der Waals surface area contributed by atoms with E-state index in [1.807, 2.05) is 19.9 Å². The maximum atomic E-state index is 12.3. The molecule has 0 saturated heterocycles. The first-order chi connectivity index (χ1) is 12.9. The van der Waals surface area contributed by atoms with Crippen LogP contribution in [0.15, 0.2) is 35.4 Å². The summed E-state index contributed by atoms with van der Waals surface area (Å²) in [4.78, 5) is 16.8. The number of rotatable bonds is 5. The average Bonchev–Trinajstić information content (AvgIpc) is 2.98. The molecule has 8 heteroatoms. The number of aromatic nitrogens is 2. The Morgan fingerprint density at radius 2 is 2.19 bits per heavy atom. The van der Waals surface area contributed by atoms with Crippen LogP contribution in [0.25, 0.3) is 11.0 Å². The molecule has 27 heavy (non-hydrogen) atoms. The van der Waals surface area contributed by atoms with E-state index < -0.39 is 0 Å². The van der Waals surface area contributed by atoms with Gasteiger partial charge in [0, 0.05) is 12.1 Å². The van der Waals surface area contributed by atoms with Crippen LogP contribution in [-0.2, 0) is 6.54 Å². The van der Waals surface area contributed by atoms with E-state index in [1.54, 1.807) is 18.2 Å². The van der Waals surface area contributed by atoms with Crippen LogP contribution in [0.3, 0.4) is 0 Å². The van der Waals surface area contributed by atoms with Gasteiger partial charge in [-0.2, -0.15) is 5.10 Å². The van der Waals surface area contributed by atoms with E-state index in [-0.39, 0.29) is 22.4 Å². The van der Waals surface area contributed by atoms with Crippen molar-refractivity contribution in [3.63, 3.8) is 0 Å². The van der Waals surface area contributed by atoms with Gasteiger partial charge < -0.3 is 14.4 Å². The summed E-state index contributed by atoms with van der Waals surface area (Å²) in [5, 5.41) is 13.8. The fraction of sp³-hybridized carbons (Fsp3) is 0.211. The minimum atomic E-state index is -0.353. The summed E-state index contributed by atoms with van der Waals surface area (Å²) in [5.41, 5.74) is 5.25. The van der Waals surface area contributed by atoms with Crippen LogP contribution in [0.4, 0.5) is 0 Å².